The Hall–Kier alpha value is -4.52. The maximum atomic E-state index is 12.8. The van der Waals surface area contributed by atoms with Crippen molar-refractivity contribution in [3.63, 3.8) is 0 Å². The van der Waals surface area contributed by atoms with E-state index in [4.69, 9.17) is 4.74 Å². The Labute approximate surface area is 190 Å². The average Bonchev–Trinajstić information content (AvgIpc) is 3.29. The van der Waals surface area contributed by atoms with Gasteiger partial charge in [0, 0.05) is 5.56 Å². The fraction of sp³-hybridized carbons (Fsp3) is 0.0769. The Morgan fingerprint density at radius 1 is 0.879 bits per heavy atom. The van der Waals surface area contributed by atoms with E-state index < -0.39 is 0 Å². The van der Waals surface area contributed by atoms with Crippen LogP contribution in [0.5, 0.6) is 5.75 Å². The summed E-state index contributed by atoms with van der Waals surface area (Å²) < 4.78 is 6.90. The number of benzene rings is 3. The topological polar surface area (TPSA) is 81.9 Å². The molecule has 5 rings (SSSR count). The molecule has 0 unspecified atom stereocenters. The molecule has 33 heavy (non-hydrogen) atoms. The summed E-state index contributed by atoms with van der Waals surface area (Å²) in [5.74, 6) is 1.33. The molecule has 1 amide bonds. The second-order valence-corrected chi connectivity index (χ2v) is 7.52. The van der Waals surface area contributed by atoms with Crippen LogP contribution in [-0.4, -0.2) is 32.8 Å². The lowest BCUT2D eigenvalue weighted by atomic mass is 10.1. The third-order valence-corrected chi connectivity index (χ3v) is 5.30. The van der Waals surface area contributed by atoms with Crippen LogP contribution in [0, 0.1) is 6.92 Å². The third-order valence-electron chi connectivity index (χ3n) is 5.30. The minimum atomic E-state index is -0.279. The van der Waals surface area contributed by atoms with Gasteiger partial charge in [-0.1, -0.05) is 42.5 Å². The molecule has 162 valence electrons. The number of amides is 1. The standard InChI is InChI=1S/C26H21N5O2/c1-17-27-23-16-31(21-12-8-19(9-13-21)18-6-4-3-5-7-18)30-24(23)25(28-17)29-26(32)20-10-14-22(33-2)15-11-20/h3-16H,1-2H3,(H,27,28,29,32). The largest absolute Gasteiger partial charge is 0.497 e. The summed E-state index contributed by atoms with van der Waals surface area (Å²) in [7, 11) is 1.58. The minimum Gasteiger partial charge on any atom is -0.497 e. The van der Waals surface area contributed by atoms with Gasteiger partial charge in [0.05, 0.1) is 19.0 Å². The lowest BCUT2D eigenvalue weighted by Crippen LogP contribution is -2.14. The molecule has 2 heterocycles. The van der Waals surface area contributed by atoms with E-state index in [0.29, 0.717) is 34.0 Å². The molecule has 0 fully saturated rings. The zero-order valence-corrected chi connectivity index (χ0v) is 18.2. The van der Waals surface area contributed by atoms with E-state index in [2.05, 4.69) is 44.6 Å². The van der Waals surface area contributed by atoms with E-state index in [1.807, 2.05) is 36.5 Å². The van der Waals surface area contributed by atoms with E-state index in [0.717, 1.165) is 16.8 Å². The Morgan fingerprint density at radius 3 is 2.27 bits per heavy atom. The van der Waals surface area contributed by atoms with Crippen molar-refractivity contribution in [2.45, 2.75) is 6.92 Å². The Bertz CT molecular complexity index is 1430. The molecule has 0 saturated carbocycles. The van der Waals surface area contributed by atoms with Gasteiger partial charge in [0.1, 0.15) is 17.1 Å². The SMILES string of the molecule is COc1ccc(C(=O)Nc2nc(C)nc3cn(-c4ccc(-c5ccccc5)cc4)nc23)cc1. The number of aromatic nitrogens is 4. The van der Waals surface area contributed by atoms with E-state index in [1.54, 1.807) is 43.0 Å². The summed E-state index contributed by atoms with van der Waals surface area (Å²) in [6.07, 6.45) is 1.84. The number of carbonyl (C=O) groups is 1. The molecule has 7 heteroatoms. The first kappa shape index (κ1) is 20.4. The van der Waals surface area contributed by atoms with Crippen molar-refractivity contribution >= 4 is 22.8 Å². The summed E-state index contributed by atoms with van der Waals surface area (Å²) >= 11 is 0. The van der Waals surface area contributed by atoms with Gasteiger partial charge in [-0.2, -0.15) is 5.10 Å². The van der Waals surface area contributed by atoms with Crippen LogP contribution >= 0.6 is 0 Å². The van der Waals surface area contributed by atoms with Gasteiger partial charge in [0.25, 0.3) is 5.91 Å². The summed E-state index contributed by atoms with van der Waals surface area (Å²) in [6, 6.07) is 25.2. The number of hydrogen-bond donors (Lipinski definition) is 1. The number of carbonyl (C=O) groups excluding carboxylic acids is 1. The second kappa shape index (κ2) is 8.55. The average molecular weight is 435 g/mol. The number of aryl methyl sites for hydroxylation is 1. The summed E-state index contributed by atoms with van der Waals surface area (Å²) in [5, 5.41) is 7.53. The van der Waals surface area contributed by atoms with E-state index in [-0.39, 0.29) is 5.91 Å². The fourth-order valence-electron chi connectivity index (χ4n) is 3.61. The molecule has 0 aliphatic rings. The molecule has 0 aliphatic carbocycles. The summed E-state index contributed by atoms with van der Waals surface area (Å²) in [5.41, 5.74) is 4.84. The van der Waals surface area contributed by atoms with Crippen LogP contribution in [0.25, 0.3) is 27.8 Å². The molecule has 7 nitrogen and oxygen atoms in total. The highest BCUT2D eigenvalue weighted by molar-refractivity contribution is 6.07. The number of ether oxygens (including phenoxy) is 1. The number of hydrogen-bond acceptors (Lipinski definition) is 5. The van der Waals surface area contributed by atoms with Crippen molar-refractivity contribution < 1.29 is 9.53 Å². The van der Waals surface area contributed by atoms with Crippen LogP contribution in [0.4, 0.5) is 5.82 Å². The number of nitrogens with zero attached hydrogens (tertiary/aromatic N) is 4. The van der Waals surface area contributed by atoms with Crippen LogP contribution in [0.15, 0.2) is 85.1 Å². The van der Waals surface area contributed by atoms with Crippen molar-refractivity contribution in [3.05, 3.63) is 96.4 Å². The predicted octanol–water partition coefficient (Wildman–Crippen LogP) is 5.05. The minimum absolute atomic E-state index is 0.279. The van der Waals surface area contributed by atoms with Crippen LogP contribution in [0.1, 0.15) is 16.2 Å². The first-order valence-corrected chi connectivity index (χ1v) is 10.5. The zero-order valence-electron chi connectivity index (χ0n) is 18.2. The number of anilines is 1. The second-order valence-electron chi connectivity index (χ2n) is 7.52. The number of nitrogens with one attached hydrogen (secondary N) is 1. The molecular formula is C26H21N5O2. The van der Waals surface area contributed by atoms with Gasteiger partial charge in [0.15, 0.2) is 11.3 Å². The van der Waals surface area contributed by atoms with Gasteiger partial charge in [-0.15, -0.1) is 0 Å². The predicted molar refractivity (Wildman–Crippen MR) is 128 cm³/mol. The highest BCUT2D eigenvalue weighted by Crippen LogP contribution is 2.24. The maximum Gasteiger partial charge on any atom is 0.256 e. The van der Waals surface area contributed by atoms with E-state index in [9.17, 15) is 4.79 Å². The molecule has 0 atom stereocenters. The van der Waals surface area contributed by atoms with E-state index in [1.165, 1.54) is 0 Å². The molecule has 3 aromatic carbocycles. The van der Waals surface area contributed by atoms with Gasteiger partial charge in [-0.05, 0) is 54.4 Å². The molecule has 2 aromatic heterocycles. The van der Waals surface area contributed by atoms with Crippen molar-refractivity contribution in [2.24, 2.45) is 0 Å². The molecule has 5 aromatic rings. The van der Waals surface area contributed by atoms with Crippen LogP contribution in [0.3, 0.4) is 0 Å². The lowest BCUT2D eigenvalue weighted by molar-refractivity contribution is 0.102. The molecule has 0 radical (unpaired) electrons. The first-order valence-electron chi connectivity index (χ1n) is 10.5. The number of fused-ring (bicyclic) bond motifs is 1. The smallest absolute Gasteiger partial charge is 0.256 e. The molecule has 1 N–H and O–H groups in total. The Balaban J connectivity index is 1.45. The zero-order chi connectivity index (χ0) is 22.8. The molecule has 0 saturated heterocycles. The fourth-order valence-corrected chi connectivity index (χ4v) is 3.61. The van der Waals surface area contributed by atoms with Crippen molar-refractivity contribution in [3.8, 4) is 22.6 Å². The van der Waals surface area contributed by atoms with Crippen LogP contribution < -0.4 is 10.1 Å². The number of methoxy groups -OCH3 is 1. The normalized spacial score (nSPS) is 10.8. The first-order chi connectivity index (χ1) is 16.1. The highest BCUT2D eigenvalue weighted by atomic mass is 16.5. The van der Waals surface area contributed by atoms with E-state index >= 15 is 0 Å². The summed E-state index contributed by atoms with van der Waals surface area (Å²) in [6.45, 7) is 1.79. The number of rotatable bonds is 5. The maximum absolute atomic E-state index is 12.8. The highest BCUT2D eigenvalue weighted by Gasteiger charge is 2.15. The van der Waals surface area contributed by atoms with Crippen molar-refractivity contribution in [1.29, 1.82) is 0 Å². The lowest BCUT2D eigenvalue weighted by Gasteiger charge is -2.07. The molecule has 0 bridgehead atoms. The molecule has 0 spiro atoms. The Morgan fingerprint density at radius 2 is 1.58 bits per heavy atom. The van der Waals surface area contributed by atoms with Gasteiger partial charge < -0.3 is 10.1 Å². The molecule has 0 aliphatic heterocycles. The van der Waals surface area contributed by atoms with Crippen LogP contribution in [0.2, 0.25) is 0 Å². The third kappa shape index (κ3) is 4.16. The summed E-state index contributed by atoms with van der Waals surface area (Å²) in [4.78, 5) is 21.7. The van der Waals surface area contributed by atoms with Crippen molar-refractivity contribution in [1.82, 2.24) is 19.7 Å². The Kier molecular flexibility index (Phi) is 5.28. The molecular weight excluding hydrogens is 414 g/mol. The monoisotopic (exact) mass is 435 g/mol. The van der Waals surface area contributed by atoms with Crippen LogP contribution in [-0.2, 0) is 0 Å². The van der Waals surface area contributed by atoms with Gasteiger partial charge in [0.2, 0.25) is 0 Å². The van der Waals surface area contributed by atoms with Gasteiger partial charge in [-0.3, -0.25) is 4.79 Å². The van der Waals surface area contributed by atoms with Gasteiger partial charge in [-0.25, -0.2) is 14.6 Å². The van der Waals surface area contributed by atoms with Crippen molar-refractivity contribution in [2.75, 3.05) is 12.4 Å². The van der Waals surface area contributed by atoms with Gasteiger partial charge >= 0.3 is 0 Å². The quantitative estimate of drug-likeness (QED) is 0.418.